The average Bonchev–Trinajstić information content (AvgIpc) is 2.61. The number of nitrogens with one attached hydrogen (secondary N) is 1. The van der Waals surface area contributed by atoms with E-state index in [-0.39, 0.29) is 17.1 Å². The highest BCUT2D eigenvalue weighted by molar-refractivity contribution is 7.92. The highest BCUT2D eigenvalue weighted by Crippen LogP contribution is 2.47. The molecule has 3 atom stereocenters. The van der Waals surface area contributed by atoms with Crippen LogP contribution >= 0.6 is 0 Å². The molecule has 0 bridgehead atoms. The summed E-state index contributed by atoms with van der Waals surface area (Å²) in [5.74, 6) is -1.13. The fourth-order valence-electron chi connectivity index (χ4n) is 3.68. The fraction of sp³-hybridized carbons (Fsp3) is 0.412. The molecule has 1 aromatic rings. The summed E-state index contributed by atoms with van der Waals surface area (Å²) < 4.78 is 31.3. The van der Waals surface area contributed by atoms with Gasteiger partial charge in [-0.3, -0.25) is 14.9 Å². The van der Waals surface area contributed by atoms with Crippen molar-refractivity contribution in [3.63, 3.8) is 0 Å². The lowest BCUT2D eigenvalue weighted by Gasteiger charge is -2.46. The van der Waals surface area contributed by atoms with Crippen molar-refractivity contribution < 1.29 is 22.7 Å². The van der Waals surface area contributed by atoms with Crippen LogP contribution in [0.3, 0.4) is 0 Å². The molecule has 24 heavy (non-hydrogen) atoms. The predicted molar refractivity (Wildman–Crippen MR) is 86.7 cm³/mol. The van der Waals surface area contributed by atoms with Crippen LogP contribution in [0.4, 0.5) is 0 Å². The standard InChI is InChI=1S/C17H19NO5S/c1-23-16(20)17-9-7-13(19)11-12(17)8-10-18-15(17)24(21,22)14-5-3-2-4-6-14/h2-7,9,12,15,18H,8,10-11H2,1H3/t12-,15?,17-/m0/s1. The van der Waals surface area contributed by atoms with E-state index in [1.807, 2.05) is 0 Å². The molecule has 1 N–H and O–H groups in total. The number of allylic oxidation sites excluding steroid dienone is 1. The van der Waals surface area contributed by atoms with Gasteiger partial charge in [-0.2, -0.15) is 0 Å². The summed E-state index contributed by atoms with van der Waals surface area (Å²) >= 11 is 0. The first-order valence-electron chi connectivity index (χ1n) is 7.75. The number of hydrogen-bond donors (Lipinski definition) is 1. The number of hydrogen-bond acceptors (Lipinski definition) is 6. The van der Waals surface area contributed by atoms with Gasteiger partial charge in [-0.25, -0.2) is 8.42 Å². The molecule has 1 fully saturated rings. The van der Waals surface area contributed by atoms with Crippen molar-refractivity contribution in [2.24, 2.45) is 11.3 Å². The fourth-order valence-corrected chi connectivity index (χ4v) is 5.70. The third kappa shape index (κ3) is 2.48. The van der Waals surface area contributed by atoms with Crippen molar-refractivity contribution in [3.8, 4) is 0 Å². The van der Waals surface area contributed by atoms with Crippen LogP contribution in [0.15, 0.2) is 47.4 Å². The first-order chi connectivity index (χ1) is 11.4. The second-order valence-electron chi connectivity index (χ2n) is 6.11. The number of sulfone groups is 1. The van der Waals surface area contributed by atoms with Crippen LogP contribution in [0, 0.1) is 11.3 Å². The summed E-state index contributed by atoms with van der Waals surface area (Å²) in [6.07, 6.45) is 3.40. The number of piperidine rings is 1. The van der Waals surface area contributed by atoms with Crippen molar-refractivity contribution in [2.75, 3.05) is 13.7 Å². The Labute approximate surface area is 140 Å². The van der Waals surface area contributed by atoms with E-state index in [9.17, 15) is 18.0 Å². The molecule has 1 aliphatic heterocycles. The zero-order chi connectivity index (χ0) is 17.4. The number of ketones is 1. The molecule has 1 heterocycles. The molecular formula is C17H19NO5S. The molecule has 0 spiro atoms. The van der Waals surface area contributed by atoms with Gasteiger partial charge in [0.25, 0.3) is 0 Å². The molecule has 1 unspecified atom stereocenters. The lowest BCUT2D eigenvalue weighted by atomic mass is 9.66. The Kier molecular flexibility index (Phi) is 4.31. The normalized spacial score (nSPS) is 29.8. The van der Waals surface area contributed by atoms with Crippen molar-refractivity contribution in [3.05, 3.63) is 42.5 Å². The van der Waals surface area contributed by atoms with Gasteiger partial charge in [0.05, 0.1) is 12.0 Å². The summed E-state index contributed by atoms with van der Waals surface area (Å²) in [6.45, 7) is 0.418. The third-order valence-corrected chi connectivity index (χ3v) is 6.95. The molecule has 1 saturated heterocycles. The van der Waals surface area contributed by atoms with Gasteiger partial charge in [0.2, 0.25) is 0 Å². The van der Waals surface area contributed by atoms with E-state index in [0.29, 0.717) is 13.0 Å². The number of fused-ring (bicyclic) bond motifs is 1. The molecule has 1 aliphatic carbocycles. The van der Waals surface area contributed by atoms with Gasteiger partial charge >= 0.3 is 5.97 Å². The largest absolute Gasteiger partial charge is 0.468 e. The van der Waals surface area contributed by atoms with Gasteiger partial charge < -0.3 is 4.74 Å². The van der Waals surface area contributed by atoms with Crippen molar-refractivity contribution in [1.82, 2.24) is 5.32 Å². The lowest BCUT2D eigenvalue weighted by Crippen LogP contribution is -2.62. The Hall–Kier alpha value is -1.99. The van der Waals surface area contributed by atoms with E-state index in [4.69, 9.17) is 4.74 Å². The Balaban J connectivity index is 2.16. The monoisotopic (exact) mass is 349 g/mol. The SMILES string of the molecule is COC(=O)[C@@]12C=CC(=O)C[C@@H]1CCNC2S(=O)(=O)c1ccccc1. The number of esters is 1. The van der Waals surface area contributed by atoms with Gasteiger partial charge in [-0.15, -0.1) is 0 Å². The topological polar surface area (TPSA) is 89.5 Å². The minimum atomic E-state index is -3.84. The van der Waals surface area contributed by atoms with Gasteiger partial charge in [0, 0.05) is 6.42 Å². The van der Waals surface area contributed by atoms with Crippen LogP contribution in [-0.4, -0.2) is 39.2 Å². The zero-order valence-electron chi connectivity index (χ0n) is 13.3. The zero-order valence-corrected chi connectivity index (χ0v) is 14.1. The molecular weight excluding hydrogens is 330 g/mol. The van der Waals surface area contributed by atoms with Crippen LogP contribution in [0.1, 0.15) is 12.8 Å². The van der Waals surface area contributed by atoms with Gasteiger partial charge in [0.15, 0.2) is 15.6 Å². The minimum absolute atomic E-state index is 0.0997. The maximum Gasteiger partial charge on any atom is 0.318 e. The van der Waals surface area contributed by atoms with E-state index in [2.05, 4.69) is 5.32 Å². The second-order valence-corrected chi connectivity index (χ2v) is 8.14. The smallest absolute Gasteiger partial charge is 0.318 e. The summed E-state index contributed by atoms with van der Waals surface area (Å²) in [5.41, 5.74) is -1.39. The summed E-state index contributed by atoms with van der Waals surface area (Å²) in [6, 6.07) is 8.01. The predicted octanol–water partition coefficient (Wildman–Crippen LogP) is 1.08. The second kappa shape index (κ2) is 6.14. The Bertz CT molecular complexity index is 786. The lowest BCUT2D eigenvalue weighted by molar-refractivity contribution is -0.155. The number of carbonyl (C=O) groups is 2. The molecule has 0 aromatic heterocycles. The molecule has 3 rings (SSSR count). The number of benzene rings is 1. The molecule has 7 heteroatoms. The van der Waals surface area contributed by atoms with Crippen LogP contribution in [0.25, 0.3) is 0 Å². The maximum absolute atomic E-state index is 13.2. The van der Waals surface area contributed by atoms with Crippen LogP contribution in [0.2, 0.25) is 0 Å². The van der Waals surface area contributed by atoms with E-state index < -0.39 is 32.5 Å². The number of methoxy groups -OCH3 is 1. The Morgan fingerprint density at radius 3 is 2.67 bits per heavy atom. The number of ether oxygens (including phenoxy) is 1. The van der Waals surface area contributed by atoms with Crippen molar-refractivity contribution >= 4 is 21.6 Å². The number of rotatable bonds is 3. The average molecular weight is 349 g/mol. The molecule has 1 aromatic carbocycles. The van der Waals surface area contributed by atoms with Gasteiger partial charge in [-0.1, -0.05) is 24.3 Å². The van der Waals surface area contributed by atoms with Crippen molar-refractivity contribution in [1.29, 1.82) is 0 Å². The third-order valence-electron chi connectivity index (χ3n) is 4.85. The highest BCUT2D eigenvalue weighted by atomic mass is 32.2. The molecule has 0 amide bonds. The molecule has 6 nitrogen and oxygen atoms in total. The highest BCUT2D eigenvalue weighted by Gasteiger charge is 2.59. The Morgan fingerprint density at radius 2 is 2.00 bits per heavy atom. The van der Waals surface area contributed by atoms with E-state index in [0.717, 1.165) is 0 Å². The minimum Gasteiger partial charge on any atom is -0.468 e. The maximum atomic E-state index is 13.2. The first-order valence-corrected chi connectivity index (χ1v) is 9.30. The van der Waals surface area contributed by atoms with Crippen LogP contribution in [-0.2, 0) is 24.2 Å². The van der Waals surface area contributed by atoms with E-state index >= 15 is 0 Å². The molecule has 2 aliphatic rings. The number of carbonyl (C=O) groups excluding carboxylic acids is 2. The molecule has 0 radical (unpaired) electrons. The first kappa shape index (κ1) is 16.9. The quantitative estimate of drug-likeness (QED) is 0.822. The van der Waals surface area contributed by atoms with Crippen molar-refractivity contribution in [2.45, 2.75) is 23.1 Å². The van der Waals surface area contributed by atoms with E-state index in [1.165, 1.54) is 31.4 Å². The van der Waals surface area contributed by atoms with Gasteiger partial charge in [0.1, 0.15) is 10.8 Å². The van der Waals surface area contributed by atoms with Gasteiger partial charge in [-0.05, 0) is 37.1 Å². The molecule has 0 saturated carbocycles. The molecule has 128 valence electrons. The van der Waals surface area contributed by atoms with E-state index in [1.54, 1.807) is 18.2 Å². The Morgan fingerprint density at radius 1 is 1.29 bits per heavy atom. The van der Waals surface area contributed by atoms with Crippen LogP contribution in [0.5, 0.6) is 0 Å². The summed E-state index contributed by atoms with van der Waals surface area (Å²) in [5, 5.41) is 1.81. The van der Waals surface area contributed by atoms with Crippen LogP contribution < -0.4 is 5.32 Å². The summed E-state index contributed by atoms with van der Waals surface area (Å²) in [7, 11) is -2.60. The summed E-state index contributed by atoms with van der Waals surface area (Å²) in [4.78, 5) is 24.6.